The van der Waals surface area contributed by atoms with Crippen molar-refractivity contribution in [3.8, 4) is 11.5 Å². The van der Waals surface area contributed by atoms with Gasteiger partial charge < -0.3 is 14.7 Å². The van der Waals surface area contributed by atoms with Crippen LogP contribution in [-0.2, 0) is 24.8 Å². The first-order valence-corrected chi connectivity index (χ1v) is 18.5. The Balaban J connectivity index is 1.98. The van der Waals surface area contributed by atoms with Crippen LogP contribution in [0.25, 0.3) is 0 Å². The van der Waals surface area contributed by atoms with E-state index in [1.807, 2.05) is 13.0 Å². The number of allylic oxidation sites excluding steroid dienone is 3. The van der Waals surface area contributed by atoms with Crippen LogP contribution in [0.1, 0.15) is 142 Å². The zero-order chi connectivity index (χ0) is 32.3. The highest BCUT2D eigenvalue weighted by Gasteiger charge is 2.49. The molecule has 0 heterocycles. The van der Waals surface area contributed by atoms with E-state index in [0.29, 0.717) is 18.4 Å². The molecular weight excluding hydrogens is 575 g/mol. The van der Waals surface area contributed by atoms with Gasteiger partial charge in [0.2, 0.25) is 0 Å². The van der Waals surface area contributed by atoms with E-state index < -0.39 is 19.4 Å². The number of carbonyl (C=O) groups excluding carboxylic acids is 1. The molecule has 2 aliphatic rings. The minimum Gasteiger partial charge on any atom is -0.507 e. The molecule has 7 nitrogen and oxygen atoms in total. The van der Waals surface area contributed by atoms with Crippen LogP contribution < -0.4 is 4.74 Å². The molecule has 1 aromatic rings. The number of aryl methyl sites for hydroxylation is 1. The standard InChI is InChI=1S/C36H57O7P/c1-7-10-12-17-29-23-32(37)34(31-22-27(6)18-19-30(31)26(4)5)33(24-29)42-35(38)36(20-13-11-14-21-36)43-44(39,40)41-25-28(15-8-2)16-9-3/h22-24,28,30-31,37H,4,7-21,25H2,1-3,5-6H3,(H,39,40)/t30-,31+/m0/s1. The zero-order valence-electron chi connectivity index (χ0n) is 27.9. The van der Waals surface area contributed by atoms with Gasteiger partial charge in [0, 0.05) is 11.5 Å². The van der Waals surface area contributed by atoms with Crippen molar-refractivity contribution in [3.63, 3.8) is 0 Å². The lowest BCUT2D eigenvalue weighted by molar-refractivity contribution is -0.157. The Morgan fingerprint density at radius 1 is 1.09 bits per heavy atom. The SMILES string of the molecule is C=C(C)[C@@H]1CCC(C)=C[C@H]1c1c(O)cc(CCCCC)cc1OC(=O)C1(OP(=O)(O)OCC(CCC)CCC)CCCCC1. The van der Waals surface area contributed by atoms with Crippen LogP contribution in [0.3, 0.4) is 0 Å². The summed E-state index contributed by atoms with van der Waals surface area (Å²) < 4.78 is 30.9. The van der Waals surface area contributed by atoms with E-state index in [1.165, 1.54) is 5.57 Å². The Morgan fingerprint density at radius 2 is 1.77 bits per heavy atom. The summed E-state index contributed by atoms with van der Waals surface area (Å²) in [6.07, 6.45) is 14.3. The quantitative estimate of drug-likeness (QED) is 0.0579. The Kier molecular flexibility index (Phi) is 14.2. The van der Waals surface area contributed by atoms with Crippen molar-refractivity contribution in [1.82, 2.24) is 0 Å². The molecule has 248 valence electrons. The van der Waals surface area contributed by atoms with Gasteiger partial charge in [0.25, 0.3) is 0 Å². The first-order valence-electron chi connectivity index (χ1n) is 17.0. The molecule has 0 saturated heterocycles. The molecule has 2 N–H and O–H groups in total. The minimum atomic E-state index is -4.56. The van der Waals surface area contributed by atoms with Crippen LogP contribution in [-0.4, -0.2) is 28.2 Å². The molecular formula is C36H57O7P. The van der Waals surface area contributed by atoms with Gasteiger partial charge >= 0.3 is 13.8 Å². The maximum atomic E-state index is 14.2. The van der Waals surface area contributed by atoms with E-state index in [1.54, 1.807) is 6.07 Å². The molecule has 3 rings (SSSR count). The van der Waals surface area contributed by atoms with E-state index in [4.69, 9.17) is 13.8 Å². The summed E-state index contributed by atoms with van der Waals surface area (Å²) in [5.41, 5.74) is 2.06. The van der Waals surface area contributed by atoms with Crippen LogP contribution in [0.15, 0.2) is 35.9 Å². The Morgan fingerprint density at radius 3 is 2.39 bits per heavy atom. The second-order valence-electron chi connectivity index (χ2n) is 13.3. The van der Waals surface area contributed by atoms with Gasteiger partial charge in [-0.2, -0.15) is 0 Å². The van der Waals surface area contributed by atoms with Crippen LogP contribution in [0.4, 0.5) is 0 Å². The number of rotatable bonds is 17. The van der Waals surface area contributed by atoms with Gasteiger partial charge in [-0.1, -0.05) is 76.7 Å². The van der Waals surface area contributed by atoms with Crippen LogP contribution in [0.2, 0.25) is 0 Å². The number of unbranched alkanes of at least 4 members (excludes halogenated alkanes) is 2. The molecule has 0 amide bonds. The number of hydrogen-bond acceptors (Lipinski definition) is 6. The number of esters is 1. The normalized spacial score (nSPS) is 21.5. The molecule has 2 aliphatic carbocycles. The molecule has 0 radical (unpaired) electrons. The van der Waals surface area contributed by atoms with Crippen molar-refractivity contribution < 1.29 is 33.1 Å². The average molecular weight is 633 g/mol. The van der Waals surface area contributed by atoms with Gasteiger partial charge in [0.15, 0.2) is 5.60 Å². The lowest BCUT2D eigenvalue weighted by Gasteiger charge is -2.36. The largest absolute Gasteiger partial charge is 0.507 e. The third kappa shape index (κ3) is 10.0. The summed E-state index contributed by atoms with van der Waals surface area (Å²) in [5, 5.41) is 11.5. The van der Waals surface area contributed by atoms with Gasteiger partial charge in [-0.05, 0) is 108 Å². The van der Waals surface area contributed by atoms with Crippen molar-refractivity contribution in [2.45, 2.75) is 142 Å². The zero-order valence-corrected chi connectivity index (χ0v) is 28.8. The van der Waals surface area contributed by atoms with Crippen LogP contribution in [0.5, 0.6) is 11.5 Å². The van der Waals surface area contributed by atoms with Crippen LogP contribution in [0, 0.1) is 11.8 Å². The van der Waals surface area contributed by atoms with Gasteiger partial charge in [0.05, 0.1) is 6.61 Å². The smallest absolute Gasteiger partial charge is 0.473 e. The molecule has 1 saturated carbocycles. The predicted octanol–water partition coefficient (Wildman–Crippen LogP) is 10.1. The van der Waals surface area contributed by atoms with Crippen molar-refractivity contribution >= 4 is 13.8 Å². The highest BCUT2D eigenvalue weighted by atomic mass is 31.2. The monoisotopic (exact) mass is 632 g/mol. The third-order valence-corrected chi connectivity index (χ3v) is 10.4. The van der Waals surface area contributed by atoms with E-state index in [-0.39, 0.29) is 48.7 Å². The highest BCUT2D eigenvalue weighted by molar-refractivity contribution is 7.47. The van der Waals surface area contributed by atoms with E-state index in [9.17, 15) is 19.4 Å². The van der Waals surface area contributed by atoms with E-state index >= 15 is 0 Å². The summed E-state index contributed by atoms with van der Waals surface area (Å²) in [5.74, 6) is -0.300. The van der Waals surface area contributed by atoms with Gasteiger partial charge in [-0.25, -0.2) is 9.36 Å². The van der Waals surface area contributed by atoms with Gasteiger partial charge in [0.1, 0.15) is 11.5 Å². The van der Waals surface area contributed by atoms with Crippen molar-refractivity contribution in [2.75, 3.05) is 6.61 Å². The van der Waals surface area contributed by atoms with Gasteiger partial charge in [-0.15, -0.1) is 0 Å². The molecule has 1 unspecified atom stereocenters. The summed E-state index contributed by atoms with van der Waals surface area (Å²) in [7, 11) is -4.56. The maximum absolute atomic E-state index is 14.2. The lowest BCUT2D eigenvalue weighted by atomic mass is 9.73. The van der Waals surface area contributed by atoms with Crippen molar-refractivity contribution in [2.24, 2.45) is 11.8 Å². The summed E-state index contributed by atoms with van der Waals surface area (Å²) >= 11 is 0. The number of phosphoric ester groups is 1. The second kappa shape index (κ2) is 17.1. The molecule has 1 aromatic carbocycles. The molecule has 0 spiro atoms. The average Bonchev–Trinajstić information content (AvgIpc) is 2.96. The fourth-order valence-electron chi connectivity index (χ4n) is 6.94. The third-order valence-electron chi connectivity index (χ3n) is 9.36. The van der Waals surface area contributed by atoms with Crippen LogP contribution >= 0.6 is 7.82 Å². The number of ether oxygens (including phenoxy) is 1. The summed E-state index contributed by atoms with van der Waals surface area (Å²) in [6.45, 7) is 14.7. The molecule has 44 heavy (non-hydrogen) atoms. The summed E-state index contributed by atoms with van der Waals surface area (Å²) in [4.78, 5) is 25.0. The fourth-order valence-corrected chi connectivity index (χ4v) is 8.09. The van der Waals surface area contributed by atoms with E-state index in [0.717, 1.165) is 81.8 Å². The lowest BCUT2D eigenvalue weighted by Crippen LogP contribution is -2.45. The molecule has 0 aromatic heterocycles. The highest BCUT2D eigenvalue weighted by Crippen LogP contribution is 2.53. The molecule has 8 heteroatoms. The first kappa shape index (κ1) is 36.5. The van der Waals surface area contributed by atoms with Gasteiger partial charge in [-0.3, -0.25) is 9.05 Å². The maximum Gasteiger partial charge on any atom is 0.473 e. The first-order chi connectivity index (χ1) is 20.9. The molecule has 0 bridgehead atoms. The Hall–Kier alpha value is -1.92. The summed E-state index contributed by atoms with van der Waals surface area (Å²) in [6, 6.07) is 3.66. The number of phosphoric acid groups is 1. The second-order valence-corrected chi connectivity index (χ2v) is 14.6. The number of phenols is 1. The number of carbonyl (C=O) groups is 1. The van der Waals surface area contributed by atoms with Crippen molar-refractivity contribution in [3.05, 3.63) is 47.1 Å². The molecule has 1 fully saturated rings. The number of benzene rings is 1. The molecule has 0 aliphatic heterocycles. The predicted molar refractivity (Wildman–Crippen MR) is 177 cm³/mol. The van der Waals surface area contributed by atoms with E-state index in [2.05, 4.69) is 40.3 Å². The Bertz CT molecular complexity index is 1180. The number of phenolic OH excluding ortho intramolecular Hbond substituents is 1. The topological polar surface area (TPSA) is 102 Å². The fraction of sp³-hybridized carbons (Fsp3) is 0.694. The molecule has 3 atom stereocenters. The minimum absolute atomic E-state index is 0.0816. The Labute approximate surface area is 266 Å². The number of aromatic hydroxyl groups is 1. The van der Waals surface area contributed by atoms with Crippen molar-refractivity contribution in [1.29, 1.82) is 0 Å². The number of hydrogen-bond donors (Lipinski definition) is 2.